The van der Waals surface area contributed by atoms with Crippen LogP contribution in [0.1, 0.15) is 34.6 Å². The van der Waals surface area contributed by atoms with E-state index in [4.69, 9.17) is 4.74 Å². The zero-order valence-corrected chi connectivity index (χ0v) is 17.0. The molecule has 0 saturated carbocycles. The van der Waals surface area contributed by atoms with E-state index in [0.717, 1.165) is 11.1 Å². The Balaban J connectivity index is 1.28. The maximum Gasteiger partial charge on any atom is 0.407 e. The zero-order valence-electron chi connectivity index (χ0n) is 17.0. The van der Waals surface area contributed by atoms with Gasteiger partial charge < -0.3 is 15.2 Å². The van der Waals surface area contributed by atoms with E-state index >= 15 is 0 Å². The van der Waals surface area contributed by atoms with Crippen LogP contribution in [0, 0.1) is 6.92 Å². The second-order valence-electron chi connectivity index (χ2n) is 7.48. The monoisotopic (exact) mass is 399 g/mol. The number of alkyl carbamates (subject to hydrolysis) is 1. The molecule has 0 heterocycles. The second kappa shape index (κ2) is 8.87. The van der Waals surface area contributed by atoms with Crippen LogP contribution in [0.2, 0.25) is 0 Å². The molecule has 0 atom stereocenters. The summed E-state index contributed by atoms with van der Waals surface area (Å²) in [5, 5.41) is 12.4. The van der Waals surface area contributed by atoms with Gasteiger partial charge in [0, 0.05) is 12.5 Å². The minimum Gasteiger partial charge on any atom is -0.508 e. The number of carbonyl (C=O) groups excluding carboxylic acids is 1. The molecule has 0 radical (unpaired) electrons. The van der Waals surface area contributed by atoms with Crippen molar-refractivity contribution in [2.75, 3.05) is 13.2 Å². The number of carbonyl (C=O) groups is 1. The van der Waals surface area contributed by atoms with Crippen molar-refractivity contribution in [3.63, 3.8) is 0 Å². The summed E-state index contributed by atoms with van der Waals surface area (Å²) < 4.78 is 5.53. The molecule has 0 fully saturated rings. The van der Waals surface area contributed by atoms with Crippen LogP contribution in [0.4, 0.5) is 4.79 Å². The smallest absolute Gasteiger partial charge is 0.407 e. The Morgan fingerprint density at radius 2 is 1.70 bits per heavy atom. The fraction of sp³-hybridized carbons (Fsp3) is 0.192. The number of amides is 1. The third-order valence-corrected chi connectivity index (χ3v) is 5.48. The number of phenols is 1. The Labute approximate surface area is 176 Å². The molecule has 3 aromatic rings. The van der Waals surface area contributed by atoms with E-state index in [1.807, 2.05) is 49.4 Å². The van der Waals surface area contributed by atoms with Gasteiger partial charge in [-0.15, -0.1) is 0 Å². The summed E-state index contributed by atoms with van der Waals surface area (Å²) in [5.41, 5.74) is 6.90. The standard InChI is InChI=1S/C26H25NO3/c1-18-13-14-20(28)16-19(18)8-6-7-15-27-26(29)30-17-25-23-11-4-2-9-21(23)22-10-3-5-12-24(22)25/h2-6,8-14,16,25,28H,7,15,17H2,1H3,(H,27,29). The van der Waals surface area contributed by atoms with Crippen LogP contribution in [-0.2, 0) is 4.74 Å². The quantitative estimate of drug-likeness (QED) is 0.527. The number of rotatable bonds is 6. The number of ether oxygens (including phenoxy) is 1. The molecule has 30 heavy (non-hydrogen) atoms. The highest BCUT2D eigenvalue weighted by molar-refractivity contribution is 5.79. The van der Waals surface area contributed by atoms with Gasteiger partial charge in [-0.25, -0.2) is 4.79 Å². The van der Waals surface area contributed by atoms with Crippen molar-refractivity contribution < 1.29 is 14.6 Å². The Bertz CT molecular complexity index is 1040. The topological polar surface area (TPSA) is 58.6 Å². The largest absolute Gasteiger partial charge is 0.508 e. The van der Waals surface area contributed by atoms with Crippen molar-refractivity contribution >= 4 is 12.2 Å². The molecule has 3 aromatic carbocycles. The van der Waals surface area contributed by atoms with Crippen LogP contribution in [0.5, 0.6) is 5.75 Å². The summed E-state index contributed by atoms with van der Waals surface area (Å²) in [7, 11) is 0. The fourth-order valence-electron chi connectivity index (χ4n) is 3.92. The van der Waals surface area contributed by atoms with E-state index < -0.39 is 6.09 Å². The summed E-state index contributed by atoms with van der Waals surface area (Å²) in [6.07, 6.45) is 4.21. The third-order valence-electron chi connectivity index (χ3n) is 5.48. The first-order chi connectivity index (χ1) is 14.6. The van der Waals surface area contributed by atoms with Crippen LogP contribution in [0.3, 0.4) is 0 Å². The number of phenolic OH excluding ortho intramolecular Hbond substituents is 1. The van der Waals surface area contributed by atoms with Gasteiger partial charge in [-0.2, -0.15) is 0 Å². The highest BCUT2D eigenvalue weighted by Crippen LogP contribution is 2.44. The van der Waals surface area contributed by atoms with E-state index in [-0.39, 0.29) is 11.7 Å². The molecule has 0 saturated heterocycles. The molecule has 152 valence electrons. The van der Waals surface area contributed by atoms with E-state index in [1.54, 1.807) is 12.1 Å². The number of benzene rings is 3. The Morgan fingerprint density at radius 1 is 1.03 bits per heavy atom. The van der Waals surface area contributed by atoms with E-state index in [9.17, 15) is 9.90 Å². The van der Waals surface area contributed by atoms with E-state index in [2.05, 4.69) is 29.6 Å². The summed E-state index contributed by atoms with van der Waals surface area (Å²) in [6.45, 7) is 2.80. The number of aryl methyl sites for hydroxylation is 1. The molecule has 4 heteroatoms. The lowest BCUT2D eigenvalue weighted by atomic mass is 9.98. The predicted octanol–water partition coefficient (Wildman–Crippen LogP) is 5.64. The van der Waals surface area contributed by atoms with Gasteiger partial charge in [-0.3, -0.25) is 0 Å². The minimum absolute atomic E-state index is 0.0665. The summed E-state index contributed by atoms with van der Waals surface area (Å²) in [5.74, 6) is 0.314. The maximum atomic E-state index is 12.2. The predicted molar refractivity (Wildman–Crippen MR) is 120 cm³/mol. The first kappa shape index (κ1) is 19.8. The van der Waals surface area contributed by atoms with Crippen LogP contribution < -0.4 is 5.32 Å². The van der Waals surface area contributed by atoms with Gasteiger partial charge in [0.1, 0.15) is 12.4 Å². The van der Waals surface area contributed by atoms with Gasteiger partial charge in [0.25, 0.3) is 0 Å². The van der Waals surface area contributed by atoms with Crippen LogP contribution >= 0.6 is 0 Å². The molecule has 0 spiro atoms. The van der Waals surface area contributed by atoms with Crippen LogP contribution in [0.25, 0.3) is 17.2 Å². The molecule has 2 N–H and O–H groups in total. The van der Waals surface area contributed by atoms with Crippen molar-refractivity contribution in [2.45, 2.75) is 19.3 Å². The molecule has 0 aromatic heterocycles. The van der Waals surface area contributed by atoms with Gasteiger partial charge >= 0.3 is 6.09 Å². The number of nitrogens with one attached hydrogen (secondary N) is 1. The average Bonchev–Trinajstić information content (AvgIpc) is 3.08. The van der Waals surface area contributed by atoms with Gasteiger partial charge in [-0.1, -0.05) is 66.7 Å². The molecule has 0 aliphatic heterocycles. The van der Waals surface area contributed by atoms with Crippen molar-refractivity contribution in [2.24, 2.45) is 0 Å². The highest BCUT2D eigenvalue weighted by atomic mass is 16.5. The minimum atomic E-state index is -0.404. The number of fused-ring (bicyclic) bond motifs is 3. The number of hydrogen-bond donors (Lipinski definition) is 2. The van der Waals surface area contributed by atoms with Gasteiger partial charge in [0.05, 0.1) is 0 Å². The van der Waals surface area contributed by atoms with Gasteiger partial charge in [-0.05, 0) is 58.9 Å². The van der Waals surface area contributed by atoms with Crippen LogP contribution in [0.15, 0.2) is 72.8 Å². The summed E-state index contributed by atoms with van der Waals surface area (Å²) >= 11 is 0. The normalized spacial score (nSPS) is 12.6. The summed E-state index contributed by atoms with van der Waals surface area (Å²) in [4.78, 5) is 12.2. The van der Waals surface area contributed by atoms with Crippen molar-refractivity contribution in [1.82, 2.24) is 5.32 Å². The second-order valence-corrected chi connectivity index (χ2v) is 7.48. The third kappa shape index (κ3) is 4.23. The molecule has 0 bridgehead atoms. The Kier molecular flexibility index (Phi) is 5.84. The summed E-state index contributed by atoms with van der Waals surface area (Å²) in [6, 6.07) is 21.9. The Hall–Kier alpha value is -3.53. The zero-order chi connectivity index (χ0) is 20.9. The average molecular weight is 399 g/mol. The first-order valence-corrected chi connectivity index (χ1v) is 10.2. The SMILES string of the molecule is Cc1ccc(O)cc1C=CCCNC(=O)OCC1c2ccccc2-c2ccccc21. The molecule has 0 unspecified atom stereocenters. The number of aromatic hydroxyl groups is 1. The highest BCUT2D eigenvalue weighted by Gasteiger charge is 2.28. The molecule has 1 aliphatic carbocycles. The van der Waals surface area contributed by atoms with Crippen molar-refractivity contribution in [3.05, 3.63) is 95.1 Å². The fourth-order valence-corrected chi connectivity index (χ4v) is 3.92. The maximum absolute atomic E-state index is 12.2. The van der Waals surface area contributed by atoms with Gasteiger partial charge in [0.2, 0.25) is 0 Å². The molecule has 1 aliphatic rings. The lowest BCUT2D eigenvalue weighted by molar-refractivity contribution is 0.143. The van der Waals surface area contributed by atoms with Crippen molar-refractivity contribution in [1.29, 1.82) is 0 Å². The van der Waals surface area contributed by atoms with Gasteiger partial charge in [0.15, 0.2) is 0 Å². The van der Waals surface area contributed by atoms with E-state index in [1.165, 1.54) is 22.3 Å². The van der Waals surface area contributed by atoms with Crippen molar-refractivity contribution in [3.8, 4) is 16.9 Å². The molecule has 4 nitrogen and oxygen atoms in total. The Morgan fingerprint density at radius 3 is 2.40 bits per heavy atom. The van der Waals surface area contributed by atoms with Crippen LogP contribution in [-0.4, -0.2) is 24.4 Å². The number of hydrogen-bond acceptors (Lipinski definition) is 3. The molecular formula is C26H25NO3. The lowest BCUT2D eigenvalue weighted by Gasteiger charge is -2.14. The first-order valence-electron chi connectivity index (χ1n) is 10.2. The molecule has 4 rings (SSSR count). The molecule has 1 amide bonds. The van der Waals surface area contributed by atoms with E-state index in [0.29, 0.717) is 19.6 Å². The lowest BCUT2D eigenvalue weighted by Crippen LogP contribution is -2.26. The molecular weight excluding hydrogens is 374 g/mol.